The minimum atomic E-state index is -0.00752. The summed E-state index contributed by atoms with van der Waals surface area (Å²) in [5, 5.41) is 7.37. The Morgan fingerprint density at radius 2 is 1.81 bits per heavy atom. The van der Waals surface area contributed by atoms with E-state index in [1.807, 2.05) is 54.6 Å². The van der Waals surface area contributed by atoms with Gasteiger partial charge < -0.3 is 4.42 Å². The zero-order chi connectivity index (χ0) is 17.8. The summed E-state index contributed by atoms with van der Waals surface area (Å²) in [6, 6.07) is 21.9. The Hall–Kier alpha value is -2.40. The number of hydrogen-bond donors (Lipinski definition) is 1. The number of furan rings is 1. The number of benzene rings is 2. The SMILES string of the molecule is Clc1ccc(-c2nc(CN[C@H](c3ccccc3)c3ccco3)cs2)cc1. The van der Waals surface area contributed by atoms with Crippen molar-refractivity contribution in [2.45, 2.75) is 12.6 Å². The van der Waals surface area contributed by atoms with E-state index in [-0.39, 0.29) is 6.04 Å². The van der Waals surface area contributed by atoms with Crippen LogP contribution in [0, 0.1) is 0 Å². The van der Waals surface area contributed by atoms with Crippen LogP contribution >= 0.6 is 22.9 Å². The number of nitrogens with zero attached hydrogens (tertiary/aromatic N) is 1. The van der Waals surface area contributed by atoms with Crippen LogP contribution in [0.3, 0.4) is 0 Å². The molecule has 2 aromatic carbocycles. The van der Waals surface area contributed by atoms with Crippen molar-refractivity contribution in [3.63, 3.8) is 0 Å². The highest BCUT2D eigenvalue weighted by molar-refractivity contribution is 7.13. The average Bonchev–Trinajstić information content (AvgIpc) is 3.36. The molecule has 0 aliphatic carbocycles. The first-order chi connectivity index (χ1) is 12.8. The topological polar surface area (TPSA) is 38.1 Å². The van der Waals surface area contributed by atoms with Gasteiger partial charge in [0.05, 0.1) is 18.0 Å². The molecule has 0 bridgehead atoms. The number of rotatable bonds is 6. The van der Waals surface area contributed by atoms with E-state index >= 15 is 0 Å². The molecule has 2 heterocycles. The fraction of sp³-hybridized carbons (Fsp3) is 0.0952. The van der Waals surface area contributed by atoms with Crippen molar-refractivity contribution < 1.29 is 4.42 Å². The first-order valence-corrected chi connectivity index (χ1v) is 9.57. The highest BCUT2D eigenvalue weighted by Gasteiger charge is 2.16. The van der Waals surface area contributed by atoms with E-state index in [0.717, 1.165) is 32.6 Å². The van der Waals surface area contributed by atoms with Crippen LogP contribution in [-0.4, -0.2) is 4.98 Å². The molecule has 0 saturated heterocycles. The van der Waals surface area contributed by atoms with E-state index in [9.17, 15) is 0 Å². The number of nitrogens with one attached hydrogen (secondary N) is 1. The zero-order valence-corrected chi connectivity index (χ0v) is 15.5. The molecule has 2 aromatic heterocycles. The molecule has 3 nitrogen and oxygen atoms in total. The number of hydrogen-bond acceptors (Lipinski definition) is 4. The average molecular weight is 381 g/mol. The fourth-order valence-corrected chi connectivity index (χ4v) is 3.76. The molecular formula is C21H17ClN2OS. The molecular weight excluding hydrogens is 364 g/mol. The van der Waals surface area contributed by atoms with E-state index in [4.69, 9.17) is 21.0 Å². The molecule has 1 atom stereocenters. The number of thiazole rings is 1. The molecule has 0 amide bonds. The first-order valence-electron chi connectivity index (χ1n) is 8.32. The van der Waals surface area contributed by atoms with Crippen LogP contribution in [0.15, 0.2) is 82.8 Å². The largest absolute Gasteiger partial charge is 0.467 e. The van der Waals surface area contributed by atoms with Gasteiger partial charge in [-0.3, -0.25) is 5.32 Å². The number of halogens is 1. The van der Waals surface area contributed by atoms with Gasteiger partial charge in [-0.15, -0.1) is 11.3 Å². The molecule has 0 saturated carbocycles. The first kappa shape index (κ1) is 17.0. The van der Waals surface area contributed by atoms with Crippen LogP contribution in [0.2, 0.25) is 5.02 Å². The summed E-state index contributed by atoms with van der Waals surface area (Å²) in [5.74, 6) is 0.893. The minimum Gasteiger partial charge on any atom is -0.467 e. The smallest absolute Gasteiger partial charge is 0.125 e. The third-order valence-electron chi connectivity index (χ3n) is 4.09. The molecule has 1 N–H and O–H groups in total. The van der Waals surface area contributed by atoms with Crippen molar-refractivity contribution in [2.75, 3.05) is 0 Å². The Bertz CT molecular complexity index is 949. The van der Waals surface area contributed by atoms with Crippen molar-refractivity contribution in [2.24, 2.45) is 0 Å². The zero-order valence-electron chi connectivity index (χ0n) is 13.9. The highest BCUT2D eigenvalue weighted by Crippen LogP contribution is 2.26. The third-order valence-corrected chi connectivity index (χ3v) is 5.28. The summed E-state index contributed by atoms with van der Waals surface area (Å²) >= 11 is 7.60. The van der Waals surface area contributed by atoms with E-state index in [2.05, 4.69) is 22.8 Å². The Morgan fingerprint density at radius 3 is 2.54 bits per heavy atom. The summed E-state index contributed by atoms with van der Waals surface area (Å²) in [6.45, 7) is 0.657. The van der Waals surface area contributed by atoms with Gasteiger partial charge in [0.15, 0.2) is 0 Å². The van der Waals surface area contributed by atoms with Crippen LogP contribution in [-0.2, 0) is 6.54 Å². The summed E-state index contributed by atoms with van der Waals surface area (Å²) in [5.41, 5.74) is 3.25. The van der Waals surface area contributed by atoms with Crippen LogP contribution in [0.25, 0.3) is 10.6 Å². The second-order valence-corrected chi connectivity index (χ2v) is 7.19. The van der Waals surface area contributed by atoms with Crippen molar-refractivity contribution in [3.05, 3.63) is 100 Å². The van der Waals surface area contributed by atoms with Gasteiger partial charge in [-0.1, -0.05) is 54.1 Å². The monoisotopic (exact) mass is 380 g/mol. The lowest BCUT2D eigenvalue weighted by molar-refractivity contribution is 0.444. The molecule has 130 valence electrons. The van der Waals surface area contributed by atoms with Crippen LogP contribution in [0.5, 0.6) is 0 Å². The van der Waals surface area contributed by atoms with Crippen LogP contribution in [0.4, 0.5) is 0 Å². The van der Waals surface area contributed by atoms with E-state index < -0.39 is 0 Å². The molecule has 26 heavy (non-hydrogen) atoms. The second kappa shape index (κ2) is 7.87. The van der Waals surface area contributed by atoms with E-state index in [0.29, 0.717) is 6.54 Å². The predicted octanol–water partition coefficient (Wildman–Crippen LogP) is 5.94. The predicted molar refractivity (Wildman–Crippen MR) is 106 cm³/mol. The van der Waals surface area contributed by atoms with Gasteiger partial charge in [0.25, 0.3) is 0 Å². The number of aromatic nitrogens is 1. The second-order valence-electron chi connectivity index (χ2n) is 5.89. The van der Waals surface area contributed by atoms with Gasteiger partial charge in [-0.25, -0.2) is 4.98 Å². The lowest BCUT2D eigenvalue weighted by Gasteiger charge is -2.16. The van der Waals surface area contributed by atoms with E-state index in [1.165, 1.54) is 0 Å². The minimum absolute atomic E-state index is 0.00752. The maximum absolute atomic E-state index is 5.96. The van der Waals surface area contributed by atoms with Gasteiger partial charge in [0.2, 0.25) is 0 Å². The Labute approximate surface area is 161 Å². The van der Waals surface area contributed by atoms with Gasteiger partial charge >= 0.3 is 0 Å². The Kier molecular flexibility index (Phi) is 5.16. The fourth-order valence-electron chi connectivity index (χ4n) is 2.80. The Morgan fingerprint density at radius 1 is 1.00 bits per heavy atom. The molecule has 4 rings (SSSR count). The molecule has 5 heteroatoms. The molecule has 0 radical (unpaired) electrons. The van der Waals surface area contributed by atoms with Crippen molar-refractivity contribution in [1.82, 2.24) is 10.3 Å². The standard InChI is InChI=1S/C21H17ClN2OS/c22-17-10-8-16(9-11-17)21-24-18(14-26-21)13-23-20(19-7-4-12-25-19)15-5-2-1-3-6-15/h1-12,14,20,23H,13H2/t20-/m1/s1. The third kappa shape index (κ3) is 3.88. The summed E-state index contributed by atoms with van der Waals surface area (Å²) < 4.78 is 5.63. The Balaban J connectivity index is 1.51. The summed E-state index contributed by atoms with van der Waals surface area (Å²) in [6.07, 6.45) is 1.70. The van der Waals surface area contributed by atoms with Gasteiger partial charge in [0.1, 0.15) is 10.8 Å². The van der Waals surface area contributed by atoms with E-state index in [1.54, 1.807) is 17.6 Å². The van der Waals surface area contributed by atoms with Crippen LogP contribution in [0.1, 0.15) is 23.1 Å². The normalized spacial score (nSPS) is 12.2. The maximum Gasteiger partial charge on any atom is 0.125 e. The highest BCUT2D eigenvalue weighted by atomic mass is 35.5. The summed E-state index contributed by atoms with van der Waals surface area (Å²) in [7, 11) is 0. The van der Waals surface area contributed by atoms with Gasteiger partial charge in [-0.2, -0.15) is 0 Å². The summed E-state index contributed by atoms with van der Waals surface area (Å²) in [4.78, 5) is 4.74. The lowest BCUT2D eigenvalue weighted by atomic mass is 10.0. The maximum atomic E-state index is 5.96. The van der Waals surface area contributed by atoms with Gasteiger partial charge in [0, 0.05) is 22.5 Å². The van der Waals surface area contributed by atoms with Crippen molar-refractivity contribution in [1.29, 1.82) is 0 Å². The molecule has 0 aliphatic rings. The quantitative estimate of drug-likeness (QED) is 0.450. The lowest BCUT2D eigenvalue weighted by Crippen LogP contribution is -2.21. The van der Waals surface area contributed by atoms with Crippen LogP contribution < -0.4 is 5.32 Å². The molecule has 0 fully saturated rings. The van der Waals surface area contributed by atoms with Crippen molar-refractivity contribution in [3.8, 4) is 10.6 Å². The molecule has 0 spiro atoms. The van der Waals surface area contributed by atoms with Crippen molar-refractivity contribution >= 4 is 22.9 Å². The molecule has 4 aromatic rings. The molecule has 0 unspecified atom stereocenters. The van der Waals surface area contributed by atoms with Gasteiger partial charge in [-0.05, 0) is 29.8 Å². The molecule has 0 aliphatic heterocycles.